The topological polar surface area (TPSA) is 75.3 Å². The van der Waals surface area contributed by atoms with Crippen LogP contribution in [0.1, 0.15) is 18.9 Å². The summed E-state index contributed by atoms with van der Waals surface area (Å²) in [5.74, 6) is -0.515. The Bertz CT molecular complexity index is 430. The van der Waals surface area contributed by atoms with Crippen molar-refractivity contribution in [1.29, 1.82) is 0 Å². The summed E-state index contributed by atoms with van der Waals surface area (Å²) >= 11 is 0. The molecule has 0 fully saturated rings. The van der Waals surface area contributed by atoms with E-state index in [4.69, 9.17) is 0 Å². The van der Waals surface area contributed by atoms with Gasteiger partial charge in [-0.05, 0) is 24.6 Å². The van der Waals surface area contributed by atoms with Crippen molar-refractivity contribution < 1.29 is 14.4 Å². The number of hydrogen-bond acceptors (Lipinski definition) is 3. The summed E-state index contributed by atoms with van der Waals surface area (Å²) in [6, 6.07) is 7.07. The van der Waals surface area contributed by atoms with Crippen molar-refractivity contribution in [2.75, 3.05) is 5.32 Å². The number of ketones is 1. The second-order valence-electron chi connectivity index (χ2n) is 3.63. The average Bonchev–Trinajstić information content (AvgIpc) is 2.25. The largest absolute Gasteiger partial charge is 0.355 e. The number of rotatable bonds is 6. The third-order valence-electron chi connectivity index (χ3n) is 2.01. The summed E-state index contributed by atoms with van der Waals surface area (Å²) in [6.07, 6.45) is 0.484. The maximum absolute atomic E-state index is 11.3. The normalized spacial score (nSPS) is 9.47. The molecule has 0 radical (unpaired) electrons. The van der Waals surface area contributed by atoms with Crippen molar-refractivity contribution in [3.8, 4) is 0 Å². The number of nitrogens with one attached hydrogen (secondary N) is 2. The first kappa shape index (κ1) is 12.9. The zero-order valence-electron chi connectivity index (χ0n) is 9.53. The molecule has 0 aromatic heterocycles. The maximum Gasteiger partial charge on any atom is 0.231 e. The Morgan fingerprint density at radius 3 is 2.76 bits per heavy atom. The molecule has 0 aliphatic carbocycles. The molecule has 5 heteroatoms. The lowest BCUT2D eigenvalue weighted by atomic mass is 10.2. The van der Waals surface area contributed by atoms with Crippen LogP contribution in [0.25, 0.3) is 0 Å². The predicted molar refractivity (Wildman–Crippen MR) is 63.3 cm³/mol. The minimum absolute atomic E-state index is 0.128. The second kappa shape index (κ2) is 6.42. The molecule has 0 saturated heterocycles. The molecule has 0 atom stereocenters. The van der Waals surface area contributed by atoms with E-state index in [2.05, 4.69) is 10.6 Å². The number of hydrogen-bond donors (Lipinski definition) is 2. The van der Waals surface area contributed by atoms with Crippen molar-refractivity contribution in [2.24, 2.45) is 0 Å². The van der Waals surface area contributed by atoms with Gasteiger partial charge in [0.25, 0.3) is 0 Å². The number of carbonyl (C=O) groups is 3. The summed E-state index contributed by atoms with van der Waals surface area (Å²) in [6.45, 7) is 1.77. The fraction of sp³-hybridized carbons (Fsp3) is 0.250. The van der Waals surface area contributed by atoms with Crippen LogP contribution in [0.5, 0.6) is 0 Å². The van der Waals surface area contributed by atoms with Gasteiger partial charge in [0, 0.05) is 12.2 Å². The minimum Gasteiger partial charge on any atom is -0.355 e. The molecular formula is C12H14N2O3. The Morgan fingerprint density at radius 1 is 1.35 bits per heavy atom. The lowest BCUT2D eigenvalue weighted by Gasteiger charge is -2.06. The highest BCUT2D eigenvalue weighted by Crippen LogP contribution is 2.10. The van der Waals surface area contributed by atoms with Gasteiger partial charge in [-0.25, -0.2) is 0 Å². The highest BCUT2D eigenvalue weighted by molar-refractivity contribution is 6.03. The van der Waals surface area contributed by atoms with Gasteiger partial charge in [0.15, 0.2) is 0 Å². The van der Waals surface area contributed by atoms with Crippen molar-refractivity contribution in [2.45, 2.75) is 19.9 Å². The number of amides is 2. The van der Waals surface area contributed by atoms with E-state index in [1.165, 1.54) is 6.92 Å². The second-order valence-corrected chi connectivity index (χ2v) is 3.63. The smallest absolute Gasteiger partial charge is 0.231 e. The van der Waals surface area contributed by atoms with Gasteiger partial charge < -0.3 is 10.6 Å². The Hall–Kier alpha value is -2.17. The average molecular weight is 234 g/mol. The molecule has 0 aliphatic heterocycles. The third-order valence-corrected chi connectivity index (χ3v) is 2.01. The fourth-order valence-electron chi connectivity index (χ4n) is 1.35. The third kappa shape index (κ3) is 4.92. The Labute approximate surface area is 99.2 Å². The van der Waals surface area contributed by atoms with Crippen LogP contribution in [-0.4, -0.2) is 18.1 Å². The molecule has 0 saturated carbocycles. The van der Waals surface area contributed by atoms with E-state index >= 15 is 0 Å². The molecule has 5 nitrogen and oxygen atoms in total. The van der Waals surface area contributed by atoms with Crippen LogP contribution >= 0.6 is 0 Å². The zero-order chi connectivity index (χ0) is 12.7. The monoisotopic (exact) mass is 234 g/mol. The van der Waals surface area contributed by atoms with Crippen LogP contribution in [0.4, 0.5) is 5.69 Å². The Balaban J connectivity index is 2.61. The molecule has 0 spiro atoms. The first-order valence-electron chi connectivity index (χ1n) is 5.17. The summed E-state index contributed by atoms with van der Waals surface area (Å²) in [5, 5.41) is 5.14. The minimum atomic E-state index is -0.335. The van der Waals surface area contributed by atoms with E-state index in [-0.39, 0.29) is 18.1 Å². The van der Waals surface area contributed by atoms with Gasteiger partial charge in [-0.3, -0.25) is 14.4 Å². The number of Topliss-reactive ketones (excluding diaryl/α,β-unsaturated/α-hetero) is 1. The van der Waals surface area contributed by atoms with Gasteiger partial charge >= 0.3 is 0 Å². The highest BCUT2D eigenvalue weighted by Gasteiger charge is 2.05. The first-order valence-corrected chi connectivity index (χ1v) is 5.17. The molecule has 1 aromatic carbocycles. The molecule has 1 rings (SSSR count). The van der Waals surface area contributed by atoms with Gasteiger partial charge in [0.1, 0.15) is 5.78 Å². The van der Waals surface area contributed by atoms with Crippen molar-refractivity contribution >= 4 is 23.8 Å². The quantitative estimate of drug-likeness (QED) is 0.566. The molecular weight excluding hydrogens is 220 g/mol. The fourth-order valence-corrected chi connectivity index (χ4v) is 1.35. The van der Waals surface area contributed by atoms with E-state index in [1.54, 1.807) is 18.2 Å². The van der Waals surface area contributed by atoms with E-state index in [0.717, 1.165) is 5.56 Å². The van der Waals surface area contributed by atoms with Gasteiger partial charge in [-0.2, -0.15) is 0 Å². The first-order chi connectivity index (χ1) is 8.11. The molecule has 0 aliphatic rings. The standard InChI is InChI=1S/C12H14N2O3/c1-9(16)5-12(17)14-11-4-2-3-10(6-11)7-13-8-15/h2-4,6,8H,5,7H2,1H3,(H,13,15)(H,14,17). The summed E-state index contributed by atoms with van der Waals surface area (Å²) in [4.78, 5) is 32.2. The SMILES string of the molecule is CC(=O)CC(=O)Nc1cccc(CNC=O)c1. The van der Waals surface area contributed by atoms with Gasteiger partial charge in [-0.1, -0.05) is 12.1 Å². The maximum atomic E-state index is 11.3. The molecule has 0 unspecified atom stereocenters. The lowest BCUT2D eigenvalue weighted by molar-refractivity contribution is -0.124. The van der Waals surface area contributed by atoms with Crippen LogP contribution < -0.4 is 10.6 Å². The molecule has 0 heterocycles. The van der Waals surface area contributed by atoms with Gasteiger partial charge in [0.2, 0.25) is 12.3 Å². The number of benzene rings is 1. The van der Waals surface area contributed by atoms with E-state index in [0.29, 0.717) is 18.6 Å². The molecule has 1 aromatic rings. The van der Waals surface area contributed by atoms with Crippen LogP contribution in [0.15, 0.2) is 24.3 Å². The van der Waals surface area contributed by atoms with E-state index in [1.807, 2.05) is 6.07 Å². The molecule has 90 valence electrons. The van der Waals surface area contributed by atoms with E-state index < -0.39 is 0 Å². The predicted octanol–water partition coefficient (Wildman–Crippen LogP) is 0.850. The van der Waals surface area contributed by atoms with E-state index in [9.17, 15) is 14.4 Å². The van der Waals surface area contributed by atoms with Gasteiger partial charge in [-0.15, -0.1) is 0 Å². The molecule has 17 heavy (non-hydrogen) atoms. The molecule has 0 bridgehead atoms. The number of anilines is 1. The van der Waals surface area contributed by atoms with Crippen molar-refractivity contribution in [3.05, 3.63) is 29.8 Å². The summed E-state index contributed by atoms with van der Waals surface area (Å²) < 4.78 is 0. The van der Waals surface area contributed by atoms with Gasteiger partial charge in [0.05, 0.1) is 6.42 Å². The number of carbonyl (C=O) groups excluding carboxylic acids is 3. The summed E-state index contributed by atoms with van der Waals surface area (Å²) in [7, 11) is 0. The lowest BCUT2D eigenvalue weighted by Crippen LogP contribution is -2.15. The summed E-state index contributed by atoms with van der Waals surface area (Å²) in [5.41, 5.74) is 1.49. The molecule has 2 N–H and O–H groups in total. The van der Waals surface area contributed by atoms with Crippen molar-refractivity contribution in [3.63, 3.8) is 0 Å². The zero-order valence-corrected chi connectivity index (χ0v) is 9.53. The van der Waals surface area contributed by atoms with Crippen LogP contribution in [0.2, 0.25) is 0 Å². The molecule has 2 amide bonds. The van der Waals surface area contributed by atoms with Crippen LogP contribution in [0, 0.1) is 0 Å². The van der Waals surface area contributed by atoms with Crippen LogP contribution in [0.3, 0.4) is 0 Å². The Morgan fingerprint density at radius 2 is 2.12 bits per heavy atom. The highest BCUT2D eigenvalue weighted by atomic mass is 16.2. The van der Waals surface area contributed by atoms with Crippen molar-refractivity contribution in [1.82, 2.24) is 5.32 Å². The Kier molecular flexibility index (Phi) is 4.87. The van der Waals surface area contributed by atoms with Crippen LogP contribution in [-0.2, 0) is 20.9 Å².